The quantitative estimate of drug-likeness (QED) is 0.684. The van der Waals surface area contributed by atoms with Gasteiger partial charge in [-0.1, -0.05) is 11.6 Å². The molecule has 3 rings (SSSR count). The van der Waals surface area contributed by atoms with E-state index in [0.29, 0.717) is 39.3 Å². The molecule has 2 saturated heterocycles. The molecule has 0 bridgehead atoms. The topological polar surface area (TPSA) is 64.2 Å². The summed E-state index contributed by atoms with van der Waals surface area (Å²) in [6.07, 6.45) is 0. The van der Waals surface area contributed by atoms with E-state index in [2.05, 4.69) is 4.90 Å². The van der Waals surface area contributed by atoms with E-state index in [1.807, 2.05) is 26.0 Å². The average Bonchev–Trinajstić information content (AvgIpc) is 3.13. The van der Waals surface area contributed by atoms with E-state index in [0.717, 1.165) is 14.1 Å². The molecule has 0 aromatic carbocycles. The first kappa shape index (κ1) is 19.1. The molecule has 0 radical (unpaired) electrons. The molecule has 9 heteroatoms. The Hall–Kier alpha value is -1.64. The van der Waals surface area contributed by atoms with Crippen LogP contribution in [0, 0.1) is 0 Å². The number of piperazine rings is 1. The molecule has 1 aromatic rings. The van der Waals surface area contributed by atoms with Crippen LogP contribution in [-0.4, -0.2) is 82.8 Å². The van der Waals surface area contributed by atoms with Gasteiger partial charge in [-0.25, -0.2) is 4.79 Å². The minimum atomic E-state index is -0.504. The summed E-state index contributed by atoms with van der Waals surface area (Å²) in [7, 11) is 0. The number of carbonyl (C=O) groups excluding carboxylic acids is 3. The second-order valence-corrected chi connectivity index (χ2v) is 8.22. The standard InChI is InChI=1S/C17H23ClN4O3S/c1-3-20(4-2)15(23)11-22-16(24)13-10-19(7-8-21(13)17(22)25)9-12-5-6-14(18)26-12/h5-6,13H,3-4,7-11H2,1-2H3. The van der Waals surface area contributed by atoms with Crippen molar-refractivity contribution in [3.05, 3.63) is 21.3 Å². The molecule has 4 amide bonds. The molecule has 1 aromatic heterocycles. The fourth-order valence-electron chi connectivity index (χ4n) is 3.47. The molecule has 2 fully saturated rings. The molecular weight excluding hydrogens is 376 g/mol. The van der Waals surface area contributed by atoms with E-state index in [-0.39, 0.29) is 24.4 Å². The van der Waals surface area contributed by atoms with Crippen molar-refractivity contribution in [3.63, 3.8) is 0 Å². The number of imide groups is 1. The van der Waals surface area contributed by atoms with Crippen LogP contribution in [-0.2, 0) is 16.1 Å². The first-order valence-electron chi connectivity index (χ1n) is 8.80. The maximum Gasteiger partial charge on any atom is 0.328 e. The monoisotopic (exact) mass is 398 g/mol. The molecule has 0 saturated carbocycles. The summed E-state index contributed by atoms with van der Waals surface area (Å²) >= 11 is 7.50. The van der Waals surface area contributed by atoms with Gasteiger partial charge >= 0.3 is 6.03 Å². The fraction of sp³-hybridized carbons (Fsp3) is 0.588. The highest BCUT2D eigenvalue weighted by Crippen LogP contribution is 2.26. The minimum absolute atomic E-state index is 0.174. The lowest BCUT2D eigenvalue weighted by Crippen LogP contribution is -2.52. The largest absolute Gasteiger partial charge is 0.342 e. The molecular formula is C17H23ClN4O3S. The number of likely N-dealkylation sites (N-methyl/N-ethyl adjacent to an activating group) is 1. The van der Waals surface area contributed by atoms with Crippen molar-refractivity contribution in [1.82, 2.24) is 19.6 Å². The number of thiophene rings is 1. The molecule has 26 heavy (non-hydrogen) atoms. The Kier molecular flexibility index (Phi) is 5.84. The van der Waals surface area contributed by atoms with Gasteiger partial charge in [-0.2, -0.15) is 0 Å². The van der Waals surface area contributed by atoms with Gasteiger partial charge in [0.25, 0.3) is 5.91 Å². The van der Waals surface area contributed by atoms with Gasteiger partial charge in [0, 0.05) is 44.1 Å². The molecule has 1 atom stereocenters. The van der Waals surface area contributed by atoms with Crippen LogP contribution in [0.4, 0.5) is 4.79 Å². The predicted octanol–water partition coefficient (Wildman–Crippen LogP) is 1.72. The fourth-order valence-corrected chi connectivity index (χ4v) is 4.60. The number of hydrogen-bond donors (Lipinski definition) is 0. The van der Waals surface area contributed by atoms with Crippen LogP contribution in [0.5, 0.6) is 0 Å². The van der Waals surface area contributed by atoms with Crippen molar-refractivity contribution >= 4 is 40.8 Å². The van der Waals surface area contributed by atoms with Crippen LogP contribution in [0.15, 0.2) is 12.1 Å². The van der Waals surface area contributed by atoms with Crippen LogP contribution in [0.3, 0.4) is 0 Å². The number of hydrogen-bond acceptors (Lipinski definition) is 5. The van der Waals surface area contributed by atoms with Crippen molar-refractivity contribution < 1.29 is 14.4 Å². The molecule has 1 unspecified atom stereocenters. The zero-order valence-electron chi connectivity index (χ0n) is 15.0. The van der Waals surface area contributed by atoms with Crippen LogP contribution in [0.1, 0.15) is 18.7 Å². The van der Waals surface area contributed by atoms with Gasteiger partial charge in [0.15, 0.2) is 0 Å². The Morgan fingerprint density at radius 2 is 2.00 bits per heavy atom. The number of halogens is 1. The molecule has 0 N–H and O–H groups in total. The molecule has 2 aliphatic rings. The van der Waals surface area contributed by atoms with Crippen molar-refractivity contribution in [2.45, 2.75) is 26.4 Å². The van der Waals surface area contributed by atoms with E-state index in [1.54, 1.807) is 9.80 Å². The first-order valence-corrected chi connectivity index (χ1v) is 10.00. The van der Waals surface area contributed by atoms with Gasteiger partial charge in [0.1, 0.15) is 12.6 Å². The summed E-state index contributed by atoms with van der Waals surface area (Å²) in [6.45, 7) is 7.10. The normalized spacial score (nSPS) is 20.7. The van der Waals surface area contributed by atoms with Gasteiger partial charge in [0.2, 0.25) is 5.91 Å². The number of rotatable bonds is 6. The maximum absolute atomic E-state index is 12.7. The van der Waals surface area contributed by atoms with Gasteiger partial charge in [-0.3, -0.25) is 19.4 Å². The Morgan fingerprint density at radius 3 is 2.62 bits per heavy atom. The maximum atomic E-state index is 12.7. The third kappa shape index (κ3) is 3.72. The lowest BCUT2D eigenvalue weighted by atomic mass is 10.2. The SMILES string of the molecule is CCN(CC)C(=O)CN1C(=O)C2CN(Cc3ccc(Cl)s3)CCN2C1=O. The van der Waals surface area contributed by atoms with Crippen molar-refractivity contribution in [1.29, 1.82) is 0 Å². The Morgan fingerprint density at radius 1 is 1.27 bits per heavy atom. The second-order valence-electron chi connectivity index (χ2n) is 6.42. The van der Waals surface area contributed by atoms with Crippen LogP contribution in [0.25, 0.3) is 0 Å². The molecule has 0 aliphatic carbocycles. The van der Waals surface area contributed by atoms with Gasteiger partial charge in [-0.15, -0.1) is 11.3 Å². The zero-order valence-corrected chi connectivity index (χ0v) is 16.6. The summed E-state index contributed by atoms with van der Waals surface area (Å²) < 4.78 is 0.742. The van der Waals surface area contributed by atoms with E-state index in [9.17, 15) is 14.4 Å². The third-order valence-corrected chi connectivity index (χ3v) is 6.13. The van der Waals surface area contributed by atoms with Gasteiger partial charge in [-0.05, 0) is 26.0 Å². The van der Waals surface area contributed by atoms with Crippen LogP contribution >= 0.6 is 22.9 Å². The predicted molar refractivity (Wildman–Crippen MR) is 100 cm³/mol. The Labute approximate surface area is 162 Å². The first-order chi connectivity index (χ1) is 12.4. The van der Waals surface area contributed by atoms with Crippen molar-refractivity contribution in [2.24, 2.45) is 0 Å². The average molecular weight is 399 g/mol. The number of urea groups is 1. The second kappa shape index (κ2) is 7.94. The minimum Gasteiger partial charge on any atom is -0.342 e. The third-order valence-electron chi connectivity index (χ3n) is 4.91. The number of nitrogens with zero attached hydrogens (tertiary/aromatic N) is 4. The van der Waals surface area contributed by atoms with Crippen LogP contribution in [0.2, 0.25) is 4.34 Å². The molecule has 3 heterocycles. The number of amides is 4. The molecule has 2 aliphatic heterocycles. The summed E-state index contributed by atoms with van der Waals surface area (Å²) in [5.41, 5.74) is 0. The Balaban J connectivity index is 1.65. The lowest BCUT2D eigenvalue weighted by molar-refractivity contribution is -0.137. The van der Waals surface area contributed by atoms with Gasteiger partial charge in [0.05, 0.1) is 4.34 Å². The highest BCUT2D eigenvalue weighted by Gasteiger charge is 2.48. The van der Waals surface area contributed by atoms with E-state index >= 15 is 0 Å². The van der Waals surface area contributed by atoms with Crippen molar-refractivity contribution in [3.8, 4) is 0 Å². The molecule has 7 nitrogen and oxygen atoms in total. The van der Waals surface area contributed by atoms with Gasteiger partial charge < -0.3 is 9.80 Å². The lowest BCUT2D eigenvalue weighted by Gasteiger charge is -2.35. The summed E-state index contributed by atoms with van der Waals surface area (Å²) in [5.74, 6) is -0.467. The summed E-state index contributed by atoms with van der Waals surface area (Å²) in [4.78, 5) is 45.2. The van der Waals surface area contributed by atoms with E-state index in [1.165, 1.54) is 11.3 Å². The summed E-state index contributed by atoms with van der Waals surface area (Å²) in [5, 5.41) is 0. The van der Waals surface area contributed by atoms with Crippen LogP contribution < -0.4 is 0 Å². The molecule has 142 valence electrons. The highest BCUT2D eigenvalue weighted by molar-refractivity contribution is 7.16. The number of carbonyl (C=O) groups is 3. The van der Waals surface area contributed by atoms with E-state index in [4.69, 9.17) is 11.6 Å². The van der Waals surface area contributed by atoms with Crippen molar-refractivity contribution in [2.75, 3.05) is 39.3 Å². The highest BCUT2D eigenvalue weighted by atomic mass is 35.5. The number of fused-ring (bicyclic) bond motifs is 1. The summed E-state index contributed by atoms with van der Waals surface area (Å²) in [6, 6.07) is 2.99. The smallest absolute Gasteiger partial charge is 0.328 e. The molecule has 0 spiro atoms. The van der Waals surface area contributed by atoms with E-state index < -0.39 is 6.04 Å². The zero-order chi connectivity index (χ0) is 18.8. The Bertz CT molecular complexity index is 706.